The first-order valence-electron chi connectivity index (χ1n) is 9.37. The van der Waals surface area contributed by atoms with Crippen molar-refractivity contribution in [3.05, 3.63) is 66.5 Å². The lowest BCUT2D eigenvalue weighted by Gasteiger charge is -2.08. The van der Waals surface area contributed by atoms with E-state index in [-0.39, 0.29) is 12.4 Å². The van der Waals surface area contributed by atoms with Gasteiger partial charge in [-0.05, 0) is 48.5 Å². The van der Waals surface area contributed by atoms with Gasteiger partial charge in [0.2, 0.25) is 5.89 Å². The zero-order chi connectivity index (χ0) is 21.8. The Morgan fingerprint density at radius 1 is 1.00 bits per heavy atom. The van der Waals surface area contributed by atoms with Gasteiger partial charge in [-0.2, -0.15) is 0 Å². The minimum atomic E-state index is -0.526. The molecular formula is C23H19FN2O5. The third-order valence-corrected chi connectivity index (χ3v) is 4.50. The maximum atomic E-state index is 13.6. The summed E-state index contributed by atoms with van der Waals surface area (Å²) in [6.45, 7) is -0.325. The topological polar surface area (TPSA) is 82.8 Å². The van der Waals surface area contributed by atoms with Crippen LogP contribution in [0.4, 0.5) is 10.1 Å². The predicted molar refractivity (Wildman–Crippen MR) is 113 cm³/mol. The van der Waals surface area contributed by atoms with Crippen molar-refractivity contribution in [1.29, 1.82) is 0 Å². The van der Waals surface area contributed by atoms with Gasteiger partial charge in [-0.3, -0.25) is 4.79 Å². The van der Waals surface area contributed by atoms with Gasteiger partial charge in [-0.1, -0.05) is 12.1 Å². The molecule has 1 amide bonds. The number of para-hydroxylation sites is 1. The molecule has 31 heavy (non-hydrogen) atoms. The van der Waals surface area contributed by atoms with Gasteiger partial charge in [0.1, 0.15) is 5.52 Å². The fourth-order valence-electron chi connectivity index (χ4n) is 3.00. The zero-order valence-electron chi connectivity index (χ0n) is 16.8. The molecule has 0 unspecified atom stereocenters. The molecule has 7 nitrogen and oxygen atoms in total. The van der Waals surface area contributed by atoms with Crippen LogP contribution < -0.4 is 19.5 Å². The molecule has 1 N–H and O–H groups in total. The molecule has 0 aliphatic heterocycles. The maximum Gasteiger partial charge on any atom is 0.262 e. The van der Waals surface area contributed by atoms with Crippen LogP contribution in [0.1, 0.15) is 0 Å². The Balaban J connectivity index is 1.49. The van der Waals surface area contributed by atoms with Crippen molar-refractivity contribution in [3.8, 4) is 28.7 Å². The number of aromatic nitrogens is 1. The summed E-state index contributed by atoms with van der Waals surface area (Å²) in [6.07, 6.45) is 0. The van der Waals surface area contributed by atoms with Crippen LogP contribution in [0.25, 0.3) is 22.6 Å². The molecule has 0 spiro atoms. The number of benzene rings is 3. The number of amides is 1. The molecule has 8 heteroatoms. The molecule has 4 aromatic rings. The fraction of sp³-hybridized carbons (Fsp3) is 0.130. The average molecular weight is 422 g/mol. The first-order valence-corrected chi connectivity index (χ1v) is 9.37. The van der Waals surface area contributed by atoms with E-state index in [2.05, 4.69) is 10.3 Å². The minimum Gasteiger partial charge on any atom is -0.493 e. The quantitative estimate of drug-likeness (QED) is 0.466. The van der Waals surface area contributed by atoms with E-state index >= 15 is 0 Å². The third-order valence-electron chi connectivity index (χ3n) is 4.50. The van der Waals surface area contributed by atoms with Gasteiger partial charge in [0.05, 0.1) is 14.2 Å². The molecule has 0 fully saturated rings. The summed E-state index contributed by atoms with van der Waals surface area (Å²) in [7, 11) is 3.12. The number of hydrogen-bond donors (Lipinski definition) is 1. The second kappa shape index (κ2) is 8.74. The number of methoxy groups -OCH3 is 2. The van der Waals surface area contributed by atoms with Crippen LogP contribution in [0.2, 0.25) is 0 Å². The average Bonchev–Trinajstić information content (AvgIpc) is 3.21. The third kappa shape index (κ3) is 4.42. The first-order chi connectivity index (χ1) is 15.1. The highest BCUT2D eigenvalue weighted by molar-refractivity contribution is 5.94. The largest absolute Gasteiger partial charge is 0.493 e. The Morgan fingerprint density at radius 2 is 1.81 bits per heavy atom. The van der Waals surface area contributed by atoms with Crippen LogP contribution in [0, 0.1) is 5.82 Å². The van der Waals surface area contributed by atoms with Crippen molar-refractivity contribution in [2.45, 2.75) is 0 Å². The molecule has 0 saturated carbocycles. The number of halogens is 1. The van der Waals surface area contributed by atoms with Crippen LogP contribution in [0.3, 0.4) is 0 Å². The molecule has 4 rings (SSSR count). The van der Waals surface area contributed by atoms with Gasteiger partial charge in [0.15, 0.2) is 35.3 Å². The highest BCUT2D eigenvalue weighted by atomic mass is 19.1. The number of ether oxygens (including phenoxy) is 3. The number of rotatable bonds is 7. The zero-order valence-corrected chi connectivity index (χ0v) is 16.8. The Morgan fingerprint density at radius 3 is 2.58 bits per heavy atom. The Bertz CT molecular complexity index is 1240. The van der Waals surface area contributed by atoms with Gasteiger partial charge >= 0.3 is 0 Å². The minimum absolute atomic E-state index is 0.0177. The van der Waals surface area contributed by atoms with Crippen LogP contribution in [-0.4, -0.2) is 31.7 Å². The summed E-state index contributed by atoms with van der Waals surface area (Å²) in [5.41, 5.74) is 2.36. The van der Waals surface area contributed by atoms with Crippen molar-refractivity contribution >= 4 is 22.7 Å². The Kier molecular flexibility index (Phi) is 5.70. The number of carbonyl (C=O) groups excluding carboxylic acids is 1. The Hall–Kier alpha value is -4.07. The maximum absolute atomic E-state index is 13.6. The summed E-state index contributed by atoms with van der Waals surface area (Å²) < 4.78 is 35.2. The molecular weight excluding hydrogens is 403 g/mol. The number of nitrogens with one attached hydrogen (secondary N) is 1. The van der Waals surface area contributed by atoms with Crippen LogP contribution in [-0.2, 0) is 4.79 Å². The van der Waals surface area contributed by atoms with Crippen LogP contribution in [0.5, 0.6) is 17.2 Å². The van der Waals surface area contributed by atoms with E-state index in [4.69, 9.17) is 18.6 Å². The normalized spacial score (nSPS) is 10.7. The van der Waals surface area contributed by atoms with Crippen LogP contribution >= 0.6 is 0 Å². The molecule has 0 radical (unpaired) electrons. The lowest BCUT2D eigenvalue weighted by molar-refractivity contribution is -0.118. The van der Waals surface area contributed by atoms with Crippen molar-refractivity contribution in [2.75, 3.05) is 26.1 Å². The number of carbonyl (C=O) groups is 1. The highest BCUT2D eigenvalue weighted by Gasteiger charge is 2.13. The fourth-order valence-corrected chi connectivity index (χ4v) is 3.00. The number of hydrogen-bond acceptors (Lipinski definition) is 6. The molecule has 0 bridgehead atoms. The Labute approximate surface area is 177 Å². The second-order valence-corrected chi connectivity index (χ2v) is 6.54. The predicted octanol–water partition coefficient (Wildman–Crippen LogP) is 4.67. The van der Waals surface area contributed by atoms with E-state index in [0.717, 1.165) is 5.56 Å². The smallest absolute Gasteiger partial charge is 0.262 e. The van der Waals surface area contributed by atoms with Crippen molar-refractivity contribution in [2.24, 2.45) is 0 Å². The van der Waals surface area contributed by atoms with Gasteiger partial charge in [-0.25, -0.2) is 9.37 Å². The first kappa shape index (κ1) is 20.2. The SMILES string of the molecule is COc1ccc(-c2nc3cc(NC(=O)COc4ccccc4F)ccc3o2)cc1OC. The number of nitrogens with zero attached hydrogens (tertiary/aromatic N) is 1. The molecule has 0 aliphatic rings. The van der Waals surface area contributed by atoms with E-state index in [1.165, 1.54) is 12.1 Å². The molecule has 1 aromatic heterocycles. The van der Waals surface area contributed by atoms with Crippen molar-refractivity contribution in [3.63, 3.8) is 0 Å². The number of anilines is 1. The van der Waals surface area contributed by atoms with E-state index in [9.17, 15) is 9.18 Å². The van der Waals surface area contributed by atoms with E-state index in [1.54, 1.807) is 56.7 Å². The van der Waals surface area contributed by atoms with Crippen molar-refractivity contribution in [1.82, 2.24) is 4.98 Å². The summed E-state index contributed by atoms with van der Waals surface area (Å²) in [5, 5.41) is 2.70. The number of fused-ring (bicyclic) bond motifs is 1. The van der Waals surface area contributed by atoms with Crippen molar-refractivity contribution < 1.29 is 27.8 Å². The summed E-state index contributed by atoms with van der Waals surface area (Å²) in [4.78, 5) is 16.7. The van der Waals surface area contributed by atoms with E-state index in [0.29, 0.717) is 34.2 Å². The summed E-state index contributed by atoms with van der Waals surface area (Å²) >= 11 is 0. The lowest BCUT2D eigenvalue weighted by Crippen LogP contribution is -2.20. The van der Waals surface area contributed by atoms with Crippen LogP contribution in [0.15, 0.2) is 65.1 Å². The van der Waals surface area contributed by atoms with E-state index in [1.807, 2.05) is 6.07 Å². The second-order valence-electron chi connectivity index (χ2n) is 6.54. The standard InChI is InChI=1S/C23H19FN2O5/c1-28-20-9-7-14(11-21(20)29-2)23-26-17-12-15(8-10-19(17)31-23)25-22(27)13-30-18-6-4-3-5-16(18)24/h3-12H,13H2,1-2H3,(H,25,27). The molecule has 0 atom stereocenters. The van der Waals surface area contributed by atoms with Gasteiger partial charge < -0.3 is 23.9 Å². The molecule has 3 aromatic carbocycles. The van der Waals surface area contributed by atoms with E-state index < -0.39 is 11.7 Å². The highest BCUT2D eigenvalue weighted by Crippen LogP contribution is 2.33. The van der Waals surface area contributed by atoms with Gasteiger partial charge in [0, 0.05) is 11.3 Å². The molecule has 0 saturated heterocycles. The molecule has 1 heterocycles. The summed E-state index contributed by atoms with van der Waals surface area (Å²) in [5.74, 6) is 0.634. The molecule has 158 valence electrons. The summed E-state index contributed by atoms with van der Waals surface area (Å²) in [6, 6.07) is 16.3. The van der Waals surface area contributed by atoms with Gasteiger partial charge in [-0.15, -0.1) is 0 Å². The number of oxazole rings is 1. The lowest BCUT2D eigenvalue weighted by atomic mass is 10.2. The van der Waals surface area contributed by atoms with Gasteiger partial charge in [0.25, 0.3) is 5.91 Å². The molecule has 0 aliphatic carbocycles. The monoisotopic (exact) mass is 422 g/mol.